The molecule has 0 bridgehead atoms. The molecule has 0 atom stereocenters. The molecule has 0 aliphatic carbocycles. The van der Waals surface area contributed by atoms with E-state index in [0.29, 0.717) is 0 Å². The van der Waals surface area contributed by atoms with Gasteiger partial charge in [-0.1, -0.05) is 13.2 Å². The fourth-order valence-corrected chi connectivity index (χ4v) is 0.173. The van der Waals surface area contributed by atoms with Crippen molar-refractivity contribution in [2.45, 2.75) is 0 Å². The molecule has 0 aliphatic heterocycles. The Hall–Kier alpha value is -1.70. The number of aliphatic hydroxyl groups is 3. The van der Waals surface area contributed by atoms with Crippen molar-refractivity contribution < 1.29 is 35.1 Å². The van der Waals surface area contributed by atoms with Crippen molar-refractivity contribution in [3.63, 3.8) is 0 Å². The van der Waals surface area contributed by atoms with Crippen LogP contribution in [0.2, 0.25) is 0 Å². The minimum Gasteiger partial charge on any atom is -0.478 e. The molecule has 0 aliphatic rings. The van der Waals surface area contributed by atoms with E-state index in [1.54, 1.807) is 0 Å². The molecule has 0 rings (SSSR count). The van der Waals surface area contributed by atoms with Crippen molar-refractivity contribution in [3.05, 3.63) is 25.3 Å². The molecule has 0 spiro atoms. The van der Waals surface area contributed by atoms with Crippen molar-refractivity contribution in [2.24, 2.45) is 5.92 Å². The highest BCUT2D eigenvalue weighted by molar-refractivity contribution is 5.79. The molecule has 0 heterocycles. The molecule has 0 amide bonds. The van der Waals surface area contributed by atoms with Gasteiger partial charge in [0.25, 0.3) is 0 Å². The van der Waals surface area contributed by atoms with Crippen LogP contribution in [0, 0.1) is 5.92 Å². The Bertz CT molecular complexity index is 197. The average Bonchev–Trinajstić information content (AvgIpc) is 2.32. The molecule has 0 fully saturated rings. The quantitative estimate of drug-likeness (QED) is 0.399. The summed E-state index contributed by atoms with van der Waals surface area (Å²) >= 11 is 0. The molecular weight excluding hydrogens is 232 g/mol. The second-order valence-corrected chi connectivity index (χ2v) is 2.50. The van der Waals surface area contributed by atoms with Crippen LogP contribution in [0.15, 0.2) is 25.3 Å². The van der Waals surface area contributed by atoms with Crippen LogP contribution in [0.4, 0.5) is 0 Å². The van der Waals surface area contributed by atoms with Crippen LogP contribution in [0.1, 0.15) is 0 Å². The number of carboxylic acid groups (broad SMARTS) is 2. The van der Waals surface area contributed by atoms with Crippen LogP contribution in [-0.2, 0) is 9.59 Å². The molecule has 17 heavy (non-hydrogen) atoms. The van der Waals surface area contributed by atoms with Gasteiger partial charge in [0.15, 0.2) is 0 Å². The van der Waals surface area contributed by atoms with Gasteiger partial charge in [-0.15, -0.1) is 0 Å². The molecule has 0 saturated heterocycles. The van der Waals surface area contributed by atoms with Crippen LogP contribution in [0.3, 0.4) is 0 Å². The third-order valence-corrected chi connectivity index (χ3v) is 1.12. The molecular formula is C10H18O7. The zero-order valence-electron chi connectivity index (χ0n) is 9.32. The number of carbonyl (C=O) groups is 2. The first kappa shape index (κ1) is 20.7. The molecule has 0 aromatic carbocycles. The van der Waals surface area contributed by atoms with E-state index in [0.717, 1.165) is 12.2 Å². The Morgan fingerprint density at radius 3 is 1.06 bits per heavy atom. The van der Waals surface area contributed by atoms with E-state index in [-0.39, 0.29) is 25.7 Å². The highest BCUT2D eigenvalue weighted by Crippen LogP contribution is 1.87. The van der Waals surface area contributed by atoms with Gasteiger partial charge in [0.05, 0.1) is 19.8 Å². The zero-order valence-corrected chi connectivity index (χ0v) is 9.32. The van der Waals surface area contributed by atoms with E-state index in [9.17, 15) is 9.59 Å². The molecule has 100 valence electrons. The normalized spacial score (nSPS) is 8.00. The van der Waals surface area contributed by atoms with Gasteiger partial charge in [-0.25, -0.2) is 9.59 Å². The number of hydrogen-bond donors (Lipinski definition) is 5. The number of carboxylic acids is 2. The van der Waals surface area contributed by atoms with E-state index in [1.807, 2.05) is 0 Å². The standard InChI is InChI=1S/C4H10O3.2C3H4O2/c5-1-4(2-6)3-7;2*1-2-3(4)5/h4-7H,1-3H2;2*2H,1H2,(H,4,5). The maximum absolute atomic E-state index is 9.25. The first-order valence-corrected chi connectivity index (χ1v) is 4.42. The Kier molecular flexibility index (Phi) is 20.3. The molecule has 0 radical (unpaired) electrons. The molecule has 7 heteroatoms. The lowest BCUT2D eigenvalue weighted by Crippen LogP contribution is -2.14. The Morgan fingerprint density at radius 2 is 1.06 bits per heavy atom. The lowest BCUT2D eigenvalue weighted by molar-refractivity contribution is -0.132. The summed E-state index contributed by atoms with van der Waals surface area (Å²) < 4.78 is 0. The number of aliphatic carboxylic acids is 2. The zero-order chi connectivity index (χ0) is 14.3. The van der Waals surface area contributed by atoms with Crippen molar-refractivity contribution in [1.82, 2.24) is 0 Å². The van der Waals surface area contributed by atoms with Gasteiger partial charge in [0.2, 0.25) is 0 Å². The summed E-state index contributed by atoms with van der Waals surface area (Å²) in [5, 5.41) is 39.8. The molecule has 0 aromatic heterocycles. The smallest absolute Gasteiger partial charge is 0.327 e. The predicted octanol–water partition coefficient (Wildman–Crippen LogP) is -0.906. The van der Waals surface area contributed by atoms with Crippen LogP contribution in [0.5, 0.6) is 0 Å². The van der Waals surface area contributed by atoms with E-state index in [2.05, 4.69) is 13.2 Å². The van der Waals surface area contributed by atoms with Crippen molar-refractivity contribution in [1.29, 1.82) is 0 Å². The highest BCUT2D eigenvalue weighted by atomic mass is 16.4. The summed E-state index contributed by atoms with van der Waals surface area (Å²) in [7, 11) is 0. The second-order valence-electron chi connectivity index (χ2n) is 2.50. The van der Waals surface area contributed by atoms with E-state index in [1.165, 1.54) is 0 Å². The Balaban J connectivity index is -0.000000177. The lowest BCUT2D eigenvalue weighted by Gasteiger charge is -2.02. The first-order chi connectivity index (χ1) is 7.89. The van der Waals surface area contributed by atoms with Gasteiger partial charge in [-0.2, -0.15) is 0 Å². The van der Waals surface area contributed by atoms with Gasteiger partial charge in [-0.05, 0) is 0 Å². The molecule has 7 nitrogen and oxygen atoms in total. The SMILES string of the molecule is C=CC(=O)O.C=CC(=O)O.OCC(CO)CO. The number of rotatable bonds is 5. The maximum Gasteiger partial charge on any atom is 0.327 e. The topological polar surface area (TPSA) is 135 Å². The van der Waals surface area contributed by atoms with Gasteiger partial charge in [0.1, 0.15) is 0 Å². The van der Waals surface area contributed by atoms with Crippen LogP contribution in [-0.4, -0.2) is 57.3 Å². The highest BCUT2D eigenvalue weighted by Gasteiger charge is 2.00. The van der Waals surface area contributed by atoms with Crippen LogP contribution in [0.25, 0.3) is 0 Å². The number of hydrogen-bond acceptors (Lipinski definition) is 5. The van der Waals surface area contributed by atoms with Gasteiger partial charge in [0, 0.05) is 18.1 Å². The molecule has 5 N–H and O–H groups in total. The summed E-state index contributed by atoms with van der Waals surface area (Å²) in [5.74, 6) is -2.31. The Morgan fingerprint density at radius 1 is 0.882 bits per heavy atom. The Labute approximate surface area is 99.0 Å². The minimum atomic E-state index is -0.981. The van der Waals surface area contributed by atoms with Gasteiger partial charge < -0.3 is 25.5 Å². The second kappa shape index (κ2) is 16.7. The lowest BCUT2D eigenvalue weighted by atomic mass is 10.2. The molecule has 0 unspecified atom stereocenters. The average molecular weight is 250 g/mol. The summed E-state index contributed by atoms with van der Waals surface area (Å²) in [4.78, 5) is 18.5. The largest absolute Gasteiger partial charge is 0.478 e. The summed E-state index contributed by atoms with van der Waals surface area (Å²) in [5.41, 5.74) is 0. The van der Waals surface area contributed by atoms with Gasteiger partial charge >= 0.3 is 11.9 Å². The van der Waals surface area contributed by atoms with E-state index < -0.39 is 11.9 Å². The molecule has 0 saturated carbocycles. The van der Waals surface area contributed by atoms with Crippen molar-refractivity contribution in [3.8, 4) is 0 Å². The van der Waals surface area contributed by atoms with Crippen molar-refractivity contribution >= 4 is 11.9 Å². The fourth-order valence-electron chi connectivity index (χ4n) is 0.173. The predicted molar refractivity (Wildman–Crippen MR) is 60.4 cm³/mol. The summed E-state index contributed by atoms with van der Waals surface area (Å²) in [6, 6.07) is 0. The molecule has 0 aromatic rings. The fraction of sp³-hybridized carbons (Fsp3) is 0.400. The van der Waals surface area contributed by atoms with Crippen LogP contribution < -0.4 is 0 Å². The monoisotopic (exact) mass is 250 g/mol. The first-order valence-electron chi connectivity index (χ1n) is 4.42. The van der Waals surface area contributed by atoms with Crippen molar-refractivity contribution in [2.75, 3.05) is 19.8 Å². The maximum atomic E-state index is 9.25. The summed E-state index contributed by atoms with van der Waals surface area (Å²) in [6.45, 7) is 5.48. The summed E-state index contributed by atoms with van der Waals surface area (Å²) in [6.07, 6.45) is 1.67. The van der Waals surface area contributed by atoms with Crippen LogP contribution >= 0.6 is 0 Å². The number of aliphatic hydroxyl groups excluding tert-OH is 3. The minimum absolute atomic E-state index is 0.146. The van der Waals surface area contributed by atoms with Gasteiger partial charge in [-0.3, -0.25) is 0 Å². The van der Waals surface area contributed by atoms with E-state index >= 15 is 0 Å². The van der Waals surface area contributed by atoms with E-state index in [4.69, 9.17) is 25.5 Å². The third-order valence-electron chi connectivity index (χ3n) is 1.12. The third kappa shape index (κ3) is 31.4.